The largest absolute Gasteiger partial charge is 0.390 e. The summed E-state index contributed by atoms with van der Waals surface area (Å²) >= 11 is 1.61. The molecular weight excluding hydrogens is 232 g/mol. The molecule has 0 radical (unpaired) electrons. The van der Waals surface area contributed by atoms with Crippen molar-refractivity contribution in [2.24, 2.45) is 0 Å². The first-order chi connectivity index (χ1) is 8.25. The summed E-state index contributed by atoms with van der Waals surface area (Å²) in [6.45, 7) is 0. The minimum Gasteiger partial charge on any atom is -0.390 e. The summed E-state index contributed by atoms with van der Waals surface area (Å²) < 4.78 is 0. The van der Waals surface area contributed by atoms with Crippen LogP contribution < -0.4 is 11.1 Å². The van der Waals surface area contributed by atoms with Gasteiger partial charge in [0.15, 0.2) is 0 Å². The topological polar surface area (TPSA) is 55.1 Å². The Hall–Kier alpha value is -1.03. The normalized spacial score (nSPS) is 19.5. The number of aryl methyl sites for hydroxylation is 1. The van der Waals surface area contributed by atoms with Gasteiger partial charge in [-0.25, -0.2) is 0 Å². The van der Waals surface area contributed by atoms with Gasteiger partial charge in [-0.1, -0.05) is 12.8 Å². The van der Waals surface area contributed by atoms with Crippen molar-refractivity contribution in [2.75, 3.05) is 5.73 Å². The summed E-state index contributed by atoms with van der Waals surface area (Å²) in [6, 6.07) is 0.374. The van der Waals surface area contributed by atoms with Crippen molar-refractivity contribution in [3.63, 3.8) is 0 Å². The van der Waals surface area contributed by atoms with E-state index in [0.717, 1.165) is 31.2 Å². The number of thiophene rings is 1. The van der Waals surface area contributed by atoms with E-state index in [9.17, 15) is 4.79 Å². The minimum atomic E-state index is 0.0637. The number of anilines is 1. The number of nitrogen functional groups attached to an aromatic ring is 1. The van der Waals surface area contributed by atoms with Crippen LogP contribution in [-0.4, -0.2) is 11.9 Å². The Kier molecular flexibility index (Phi) is 2.82. The highest BCUT2D eigenvalue weighted by molar-refractivity contribution is 7.16. The molecule has 0 bridgehead atoms. The molecule has 0 aromatic carbocycles. The summed E-state index contributed by atoms with van der Waals surface area (Å²) in [5.41, 5.74) is 8.00. The van der Waals surface area contributed by atoms with E-state index in [1.807, 2.05) is 0 Å². The van der Waals surface area contributed by atoms with Crippen molar-refractivity contribution in [2.45, 2.75) is 51.0 Å². The highest BCUT2D eigenvalue weighted by atomic mass is 32.1. The van der Waals surface area contributed by atoms with Crippen LogP contribution in [0.25, 0.3) is 0 Å². The van der Waals surface area contributed by atoms with Crippen molar-refractivity contribution < 1.29 is 4.79 Å². The molecule has 0 spiro atoms. The minimum absolute atomic E-state index is 0.0637. The van der Waals surface area contributed by atoms with Crippen LogP contribution in [0.15, 0.2) is 0 Å². The SMILES string of the molecule is Nc1sc2c(c1C(=O)NC1CCCC1)CCC2. The van der Waals surface area contributed by atoms with Gasteiger partial charge in [-0.05, 0) is 37.7 Å². The molecular formula is C13H18N2OS. The number of fused-ring (bicyclic) bond motifs is 1. The van der Waals surface area contributed by atoms with Gasteiger partial charge in [-0.2, -0.15) is 0 Å². The smallest absolute Gasteiger partial charge is 0.254 e. The van der Waals surface area contributed by atoms with Gasteiger partial charge in [0.05, 0.1) is 10.6 Å². The van der Waals surface area contributed by atoms with Crippen molar-refractivity contribution in [3.8, 4) is 0 Å². The van der Waals surface area contributed by atoms with Crippen molar-refractivity contribution in [1.29, 1.82) is 0 Å². The molecule has 0 saturated heterocycles. The molecule has 92 valence electrons. The lowest BCUT2D eigenvalue weighted by Gasteiger charge is -2.12. The number of hydrogen-bond acceptors (Lipinski definition) is 3. The second-order valence-electron chi connectivity index (χ2n) is 5.05. The highest BCUT2D eigenvalue weighted by Crippen LogP contribution is 2.37. The van der Waals surface area contributed by atoms with Crippen LogP contribution in [0, 0.1) is 0 Å². The van der Waals surface area contributed by atoms with E-state index in [1.54, 1.807) is 11.3 Å². The van der Waals surface area contributed by atoms with Gasteiger partial charge in [-0.15, -0.1) is 11.3 Å². The molecule has 2 aliphatic carbocycles. The number of rotatable bonds is 2. The van der Waals surface area contributed by atoms with Gasteiger partial charge < -0.3 is 11.1 Å². The summed E-state index contributed by atoms with van der Waals surface area (Å²) in [5.74, 6) is 0.0637. The predicted molar refractivity (Wildman–Crippen MR) is 70.5 cm³/mol. The monoisotopic (exact) mass is 250 g/mol. The zero-order valence-corrected chi connectivity index (χ0v) is 10.7. The fourth-order valence-electron chi connectivity index (χ4n) is 3.00. The summed E-state index contributed by atoms with van der Waals surface area (Å²) in [7, 11) is 0. The number of hydrogen-bond donors (Lipinski definition) is 2. The Morgan fingerprint density at radius 3 is 2.76 bits per heavy atom. The highest BCUT2D eigenvalue weighted by Gasteiger charge is 2.27. The third-order valence-electron chi connectivity index (χ3n) is 3.87. The van der Waals surface area contributed by atoms with E-state index >= 15 is 0 Å². The second-order valence-corrected chi connectivity index (χ2v) is 6.19. The van der Waals surface area contributed by atoms with Crippen LogP contribution in [0.1, 0.15) is 52.9 Å². The summed E-state index contributed by atoms with van der Waals surface area (Å²) in [4.78, 5) is 13.6. The molecule has 0 atom stereocenters. The molecule has 1 aromatic heterocycles. The molecule has 1 fully saturated rings. The van der Waals surface area contributed by atoms with Crippen LogP contribution in [-0.2, 0) is 12.8 Å². The number of carbonyl (C=O) groups excluding carboxylic acids is 1. The zero-order chi connectivity index (χ0) is 11.8. The number of amides is 1. The fraction of sp³-hybridized carbons (Fsp3) is 0.615. The second kappa shape index (κ2) is 4.33. The van der Waals surface area contributed by atoms with E-state index in [2.05, 4.69) is 5.32 Å². The van der Waals surface area contributed by atoms with Gasteiger partial charge >= 0.3 is 0 Å². The average molecular weight is 250 g/mol. The van der Waals surface area contributed by atoms with Crippen LogP contribution in [0.2, 0.25) is 0 Å². The van der Waals surface area contributed by atoms with E-state index < -0.39 is 0 Å². The molecule has 0 unspecified atom stereocenters. The maximum atomic E-state index is 12.3. The molecule has 2 aliphatic rings. The lowest BCUT2D eigenvalue weighted by Crippen LogP contribution is -2.33. The molecule has 4 heteroatoms. The zero-order valence-electron chi connectivity index (χ0n) is 9.92. The van der Waals surface area contributed by atoms with Crippen molar-refractivity contribution in [3.05, 3.63) is 16.0 Å². The number of nitrogens with one attached hydrogen (secondary N) is 1. The Balaban J connectivity index is 1.81. The van der Waals surface area contributed by atoms with Crippen molar-refractivity contribution >= 4 is 22.2 Å². The van der Waals surface area contributed by atoms with Gasteiger partial charge in [0, 0.05) is 10.9 Å². The first-order valence-electron chi connectivity index (χ1n) is 6.46. The van der Waals surface area contributed by atoms with Gasteiger partial charge in [0.1, 0.15) is 0 Å². The van der Waals surface area contributed by atoms with E-state index in [-0.39, 0.29) is 5.91 Å². The van der Waals surface area contributed by atoms with Gasteiger partial charge in [0.25, 0.3) is 5.91 Å². The molecule has 1 saturated carbocycles. The molecule has 1 heterocycles. The van der Waals surface area contributed by atoms with Gasteiger partial charge in [-0.3, -0.25) is 4.79 Å². The Labute approximate surface area is 105 Å². The molecule has 3 nitrogen and oxygen atoms in total. The van der Waals surface area contributed by atoms with Crippen LogP contribution >= 0.6 is 11.3 Å². The third-order valence-corrected chi connectivity index (χ3v) is 4.99. The fourth-order valence-corrected chi connectivity index (χ4v) is 4.16. The maximum Gasteiger partial charge on any atom is 0.254 e. The summed E-state index contributed by atoms with van der Waals surface area (Å²) in [6.07, 6.45) is 8.02. The molecule has 17 heavy (non-hydrogen) atoms. The average Bonchev–Trinajstić information content (AvgIpc) is 2.93. The molecule has 3 rings (SSSR count). The third kappa shape index (κ3) is 1.95. The standard InChI is InChI=1S/C13H18N2OS/c14-12-11(9-6-3-7-10(9)17-12)13(16)15-8-4-1-2-5-8/h8H,1-7,14H2,(H,15,16). The first kappa shape index (κ1) is 11.1. The molecule has 1 amide bonds. The Bertz CT molecular complexity index is 447. The Morgan fingerprint density at radius 2 is 2.00 bits per heavy atom. The van der Waals surface area contributed by atoms with E-state index in [4.69, 9.17) is 5.73 Å². The Morgan fingerprint density at radius 1 is 1.24 bits per heavy atom. The van der Waals surface area contributed by atoms with E-state index in [1.165, 1.54) is 29.7 Å². The molecule has 3 N–H and O–H groups in total. The number of carbonyl (C=O) groups is 1. The van der Waals surface area contributed by atoms with Crippen LogP contribution in [0.4, 0.5) is 5.00 Å². The number of nitrogens with two attached hydrogens (primary N) is 1. The first-order valence-corrected chi connectivity index (χ1v) is 7.28. The van der Waals surface area contributed by atoms with Gasteiger partial charge in [0.2, 0.25) is 0 Å². The predicted octanol–water partition coefficient (Wildman–Crippen LogP) is 2.49. The molecule has 1 aromatic rings. The van der Waals surface area contributed by atoms with E-state index in [0.29, 0.717) is 11.0 Å². The van der Waals surface area contributed by atoms with Crippen LogP contribution in [0.3, 0.4) is 0 Å². The lowest BCUT2D eigenvalue weighted by atomic mass is 10.1. The van der Waals surface area contributed by atoms with Crippen LogP contribution in [0.5, 0.6) is 0 Å². The lowest BCUT2D eigenvalue weighted by molar-refractivity contribution is 0.0938. The summed E-state index contributed by atoms with van der Waals surface area (Å²) in [5, 5.41) is 3.85. The quantitative estimate of drug-likeness (QED) is 0.847. The van der Waals surface area contributed by atoms with Crippen molar-refractivity contribution in [1.82, 2.24) is 5.32 Å². The maximum absolute atomic E-state index is 12.3. The molecule has 0 aliphatic heterocycles.